The molecule has 1 aliphatic rings. The van der Waals surface area contributed by atoms with Gasteiger partial charge in [-0.25, -0.2) is 0 Å². The van der Waals surface area contributed by atoms with Crippen molar-refractivity contribution in [2.75, 3.05) is 6.61 Å². The van der Waals surface area contributed by atoms with Crippen molar-refractivity contribution in [2.24, 2.45) is 11.8 Å². The summed E-state index contributed by atoms with van der Waals surface area (Å²) in [5.41, 5.74) is 0. The number of carbonyl (C=O) groups excluding carboxylic acids is 1. The molecule has 1 saturated carbocycles. The van der Waals surface area contributed by atoms with Crippen LogP contribution >= 0.6 is 0 Å². The van der Waals surface area contributed by atoms with Crippen molar-refractivity contribution in [2.45, 2.75) is 64.9 Å². The molecule has 0 amide bonds. The lowest BCUT2D eigenvalue weighted by atomic mass is 9.77. The van der Waals surface area contributed by atoms with Crippen molar-refractivity contribution in [3.05, 3.63) is 0 Å². The Kier molecular flexibility index (Phi) is 6.56. The summed E-state index contributed by atoms with van der Waals surface area (Å²) < 4.78 is 4.86. The molecule has 1 fully saturated rings. The highest BCUT2D eigenvalue weighted by Crippen LogP contribution is 2.33. The number of carbonyl (C=O) groups is 1. The summed E-state index contributed by atoms with van der Waals surface area (Å²) in [4.78, 5) is 11.3. The van der Waals surface area contributed by atoms with Gasteiger partial charge in [0, 0.05) is 0 Å². The van der Waals surface area contributed by atoms with Gasteiger partial charge in [0.2, 0.25) is 0 Å². The van der Waals surface area contributed by atoms with E-state index in [9.17, 15) is 9.90 Å². The Balaban J connectivity index is 2.25. The molecule has 0 saturated heterocycles. The maximum Gasteiger partial charge on any atom is 0.308 e. The molecule has 0 spiro atoms. The van der Waals surface area contributed by atoms with Gasteiger partial charge in [0.1, 0.15) is 0 Å². The Morgan fingerprint density at radius 2 is 1.94 bits per heavy atom. The predicted octanol–water partition coefficient (Wildman–Crippen LogP) is 2.91. The number of rotatable bonds is 6. The van der Waals surface area contributed by atoms with Crippen molar-refractivity contribution in [3.8, 4) is 0 Å². The number of aliphatic hydroxyl groups is 1. The van der Waals surface area contributed by atoms with Gasteiger partial charge in [0.25, 0.3) is 0 Å². The van der Waals surface area contributed by atoms with Crippen LogP contribution in [0.4, 0.5) is 0 Å². The van der Waals surface area contributed by atoms with Crippen LogP contribution in [-0.4, -0.2) is 23.8 Å². The second-order valence-corrected chi connectivity index (χ2v) is 5.15. The zero-order chi connectivity index (χ0) is 12.7. The lowest BCUT2D eigenvalue weighted by Gasteiger charge is -2.31. The number of hydrogen-bond acceptors (Lipinski definition) is 3. The average molecular weight is 242 g/mol. The molecule has 0 aromatic carbocycles. The van der Waals surface area contributed by atoms with E-state index >= 15 is 0 Å². The second-order valence-electron chi connectivity index (χ2n) is 5.15. The summed E-state index contributed by atoms with van der Waals surface area (Å²) in [6.45, 7) is 4.41. The molecule has 17 heavy (non-hydrogen) atoms. The third kappa shape index (κ3) is 5.07. The molecule has 0 aromatic heterocycles. The molecule has 1 aliphatic carbocycles. The maximum atomic E-state index is 11.3. The first-order chi connectivity index (χ1) is 8.17. The summed E-state index contributed by atoms with van der Waals surface area (Å²) in [5, 5.41) is 9.99. The lowest BCUT2D eigenvalue weighted by molar-refractivity contribution is -0.146. The Hall–Kier alpha value is -0.570. The van der Waals surface area contributed by atoms with Gasteiger partial charge in [-0.05, 0) is 31.6 Å². The zero-order valence-electron chi connectivity index (χ0n) is 11.2. The molecule has 1 unspecified atom stereocenters. The Labute approximate surface area is 105 Å². The van der Waals surface area contributed by atoms with Gasteiger partial charge in [0.15, 0.2) is 0 Å². The molecule has 3 nitrogen and oxygen atoms in total. The third-order valence-corrected chi connectivity index (χ3v) is 3.81. The smallest absolute Gasteiger partial charge is 0.308 e. The summed E-state index contributed by atoms with van der Waals surface area (Å²) in [7, 11) is 0. The Bertz CT molecular complexity index is 220. The second kappa shape index (κ2) is 7.70. The minimum atomic E-state index is -0.503. The molecule has 100 valence electrons. The molecule has 0 aromatic rings. The van der Waals surface area contributed by atoms with E-state index in [4.69, 9.17) is 4.74 Å². The largest absolute Gasteiger partial charge is 0.466 e. The Morgan fingerprint density at radius 3 is 2.47 bits per heavy atom. The van der Waals surface area contributed by atoms with Crippen LogP contribution in [0.5, 0.6) is 0 Å². The first kappa shape index (κ1) is 14.5. The predicted molar refractivity (Wildman–Crippen MR) is 67.6 cm³/mol. The van der Waals surface area contributed by atoms with E-state index in [1.807, 2.05) is 0 Å². The third-order valence-electron chi connectivity index (χ3n) is 3.81. The highest BCUT2D eigenvalue weighted by atomic mass is 16.5. The number of aliphatic hydroxyl groups excluding tert-OH is 1. The van der Waals surface area contributed by atoms with Gasteiger partial charge in [-0.3, -0.25) is 4.79 Å². The average Bonchev–Trinajstić information content (AvgIpc) is 2.30. The first-order valence-corrected chi connectivity index (χ1v) is 7.01. The molecule has 0 bridgehead atoms. The van der Waals surface area contributed by atoms with E-state index in [1.54, 1.807) is 6.92 Å². The molecule has 3 heteroatoms. The Morgan fingerprint density at radius 1 is 1.29 bits per heavy atom. The molecule has 0 heterocycles. The van der Waals surface area contributed by atoms with Crippen molar-refractivity contribution in [3.63, 3.8) is 0 Å². The van der Waals surface area contributed by atoms with E-state index in [1.165, 1.54) is 25.7 Å². The quantitative estimate of drug-likeness (QED) is 0.728. The van der Waals surface area contributed by atoms with Gasteiger partial charge >= 0.3 is 5.97 Å². The summed E-state index contributed by atoms with van der Waals surface area (Å²) >= 11 is 0. The zero-order valence-corrected chi connectivity index (χ0v) is 11.2. The van der Waals surface area contributed by atoms with Crippen molar-refractivity contribution >= 4 is 5.97 Å². The van der Waals surface area contributed by atoms with Crippen LogP contribution in [0.2, 0.25) is 0 Å². The fourth-order valence-electron chi connectivity index (χ4n) is 2.83. The summed E-state index contributed by atoms with van der Waals surface area (Å²) in [6, 6.07) is 0. The van der Waals surface area contributed by atoms with Crippen LogP contribution < -0.4 is 0 Å². The topological polar surface area (TPSA) is 46.5 Å². The summed E-state index contributed by atoms with van der Waals surface area (Å²) in [5.74, 6) is 0.870. The van der Waals surface area contributed by atoms with Gasteiger partial charge in [-0.2, -0.15) is 0 Å². The van der Waals surface area contributed by atoms with Gasteiger partial charge in [-0.15, -0.1) is 0 Å². The summed E-state index contributed by atoms with van der Waals surface area (Å²) in [6.07, 6.45) is 6.75. The van der Waals surface area contributed by atoms with Crippen LogP contribution in [0, 0.1) is 11.8 Å². The van der Waals surface area contributed by atoms with E-state index in [0.29, 0.717) is 12.5 Å². The maximum absolute atomic E-state index is 11.3. The number of esters is 1. The standard InChI is InChI=1S/C14H26O3/c1-3-5-11-6-8-12(9-7-11)13(15)10-14(16)17-4-2/h11-13,15H,3-10H2,1-2H3. The molecule has 1 N–H and O–H groups in total. The monoisotopic (exact) mass is 242 g/mol. The van der Waals surface area contributed by atoms with Gasteiger partial charge in [-0.1, -0.05) is 32.6 Å². The van der Waals surface area contributed by atoms with Gasteiger partial charge < -0.3 is 9.84 Å². The minimum Gasteiger partial charge on any atom is -0.466 e. The van der Waals surface area contributed by atoms with Crippen LogP contribution in [0.25, 0.3) is 0 Å². The van der Waals surface area contributed by atoms with Crippen LogP contribution in [0.15, 0.2) is 0 Å². The molecule has 0 radical (unpaired) electrons. The molecule has 0 aliphatic heterocycles. The normalized spacial score (nSPS) is 26.5. The van der Waals surface area contributed by atoms with Gasteiger partial charge in [0.05, 0.1) is 19.1 Å². The molecule has 1 rings (SSSR count). The number of hydrogen-bond donors (Lipinski definition) is 1. The van der Waals surface area contributed by atoms with Crippen LogP contribution in [-0.2, 0) is 9.53 Å². The molecular formula is C14H26O3. The van der Waals surface area contributed by atoms with Crippen molar-refractivity contribution < 1.29 is 14.6 Å². The van der Waals surface area contributed by atoms with E-state index < -0.39 is 6.10 Å². The molecular weight excluding hydrogens is 216 g/mol. The first-order valence-electron chi connectivity index (χ1n) is 7.01. The molecule has 1 atom stereocenters. The SMILES string of the molecule is CCCC1CCC(C(O)CC(=O)OCC)CC1. The fourth-order valence-corrected chi connectivity index (χ4v) is 2.83. The number of ether oxygens (including phenoxy) is 1. The van der Waals surface area contributed by atoms with Crippen molar-refractivity contribution in [1.29, 1.82) is 0 Å². The highest BCUT2D eigenvalue weighted by molar-refractivity contribution is 5.69. The van der Waals surface area contributed by atoms with E-state index in [2.05, 4.69) is 6.92 Å². The fraction of sp³-hybridized carbons (Fsp3) is 0.929. The van der Waals surface area contributed by atoms with Crippen molar-refractivity contribution in [1.82, 2.24) is 0 Å². The minimum absolute atomic E-state index is 0.164. The van der Waals surface area contributed by atoms with E-state index in [0.717, 1.165) is 18.8 Å². The van der Waals surface area contributed by atoms with Crippen LogP contribution in [0.1, 0.15) is 58.8 Å². The lowest BCUT2D eigenvalue weighted by Crippen LogP contribution is -2.28. The van der Waals surface area contributed by atoms with E-state index in [-0.39, 0.29) is 12.4 Å². The highest BCUT2D eigenvalue weighted by Gasteiger charge is 2.27. The van der Waals surface area contributed by atoms with Crippen LogP contribution in [0.3, 0.4) is 0 Å².